The van der Waals surface area contributed by atoms with Crippen molar-refractivity contribution in [1.29, 1.82) is 0 Å². The van der Waals surface area contributed by atoms with Gasteiger partial charge in [0.25, 0.3) is 5.56 Å². The molecule has 0 amide bonds. The third-order valence-electron chi connectivity index (χ3n) is 4.38. The van der Waals surface area contributed by atoms with Gasteiger partial charge in [-0.2, -0.15) is 4.98 Å². The average molecular weight is 319 g/mol. The minimum Gasteiger partial charge on any atom is -0.369 e. The van der Waals surface area contributed by atoms with Crippen molar-refractivity contribution in [2.45, 2.75) is 65.0 Å². The van der Waals surface area contributed by atoms with Crippen LogP contribution in [0.4, 0.5) is 5.95 Å². The number of aromatic amines is 1. The van der Waals surface area contributed by atoms with Crippen LogP contribution >= 0.6 is 0 Å². The summed E-state index contributed by atoms with van der Waals surface area (Å²) in [6.45, 7) is 4.61. The highest BCUT2D eigenvalue weighted by molar-refractivity contribution is 5.79. The Labute approximate surface area is 135 Å². The number of hydrogen-bond donors (Lipinski definition) is 3. The van der Waals surface area contributed by atoms with Crippen molar-refractivity contribution in [2.75, 3.05) is 5.73 Å². The van der Waals surface area contributed by atoms with Crippen molar-refractivity contribution in [3.8, 4) is 0 Å². The topological polar surface area (TPSA) is 98.0 Å². The average Bonchev–Trinajstić information content (AvgIpc) is 3.13. The highest BCUT2D eigenvalue weighted by Crippen LogP contribution is 2.19. The highest BCUT2D eigenvalue weighted by Gasteiger charge is 2.17. The lowest BCUT2D eigenvalue weighted by molar-refractivity contribution is 0.0279. The summed E-state index contributed by atoms with van der Waals surface area (Å²) in [6.07, 6.45) is 6.84. The van der Waals surface area contributed by atoms with Crippen LogP contribution in [0.15, 0.2) is 11.0 Å². The first-order chi connectivity index (χ1) is 11.1. The van der Waals surface area contributed by atoms with Crippen LogP contribution in [0.1, 0.15) is 45.1 Å². The molecule has 7 heteroatoms. The van der Waals surface area contributed by atoms with Gasteiger partial charge in [0, 0.05) is 18.8 Å². The third kappa shape index (κ3) is 3.40. The predicted octanol–water partition coefficient (Wildman–Crippen LogP) is 1.72. The zero-order valence-corrected chi connectivity index (χ0v) is 13.8. The van der Waals surface area contributed by atoms with Crippen LogP contribution in [-0.4, -0.2) is 26.7 Å². The van der Waals surface area contributed by atoms with Gasteiger partial charge in [-0.3, -0.25) is 9.36 Å². The molecule has 1 fully saturated rings. The number of rotatable bonds is 6. The van der Waals surface area contributed by atoms with Gasteiger partial charge in [-0.15, -0.1) is 0 Å². The van der Waals surface area contributed by atoms with Gasteiger partial charge >= 0.3 is 0 Å². The fourth-order valence-corrected chi connectivity index (χ4v) is 3.06. The number of fused-ring (bicyclic) bond motifs is 1. The molecule has 1 aliphatic carbocycles. The summed E-state index contributed by atoms with van der Waals surface area (Å²) in [5, 5.41) is 4.12. The maximum Gasteiger partial charge on any atom is 0.266 e. The van der Waals surface area contributed by atoms with Crippen molar-refractivity contribution < 1.29 is 4.74 Å². The Kier molecular flexibility index (Phi) is 4.68. The Balaban J connectivity index is 1.87. The van der Waals surface area contributed by atoms with E-state index in [9.17, 15) is 4.79 Å². The molecule has 0 atom stereocenters. The first-order valence-corrected chi connectivity index (χ1v) is 8.27. The molecule has 23 heavy (non-hydrogen) atoms. The predicted molar refractivity (Wildman–Crippen MR) is 90.1 cm³/mol. The molecule has 0 unspecified atom stereocenters. The number of anilines is 1. The van der Waals surface area contributed by atoms with Crippen LogP contribution in [0.5, 0.6) is 0 Å². The van der Waals surface area contributed by atoms with Crippen molar-refractivity contribution in [1.82, 2.24) is 19.9 Å². The number of nitrogens with one attached hydrogen (secondary N) is 2. The van der Waals surface area contributed by atoms with Crippen LogP contribution < -0.4 is 16.6 Å². The lowest BCUT2D eigenvalue weighted by Gasteiger charge is -2.13. The summed E-state index contributed by atoms with van der Waals surface area (Å²) < 4.78 is 6.90. The summed E-state index contributed by atoms with van der Waals surface area (Å²) in [5.74, 6) is 0.167. The molecule has 2 aromatic rings. The van der Waals surface area contributed by atoms with Gasteiger partial charge in [-0.05, 0) is 32.3 Å². The largest absolute Gasteiger partial charge is 0.369 e. The molecule has 0 radical (unpaired) electrons. The van der Waals surface area contributed by atoms with Crippen LogP contribution in [-0.2, 0) is 18.0 Å². The molecule has 2 aromatic heterocycles. The number of ether oxygens (including phenoxy) is 1. The van der Waals surface area contributed by atoms with Gasteiger partial charge in [-0.1, -0.05) is 12.8 Å². The van der Waals surface area contributed by atoms with Crippen LogP contribution in [0.3, 0.4) is 0 Å². The van der Waals surface area contributed by atoms with Crippen LogP contribution in [0.25, 0.3) is 11.0 Å². The summed E-state index contributed by atoms with van der Waals surface area (Å²) >= 11 is 0. The van der Waals surface area contributed by atoms with Crippen molar-refractivity contribution in [2.24, 2.45) is 0 Å². The van der Waals surface area contributed by atoms with E-state index in [0.717, 1.165) is 5.56 Å². The smallest absolute Gasteiger partial charge is 0.266 e. The maximum absolute atomic E-state index is 12.8. The number of nitrogen functional groups attached to an aromatic ring is 1. The van der Waals surface area contributed by atoms with E-state index < -0.39 is 0 Å². The second-order valence-corrected chi connectivity index (χ2v) is 6.45. The zero-order chi connectivity index (χ0) is 16.4. The number of aromatic nitrogens is 3. The molecule has 1 aliphatic rings. The third-order valence-corrected chi connectivity index (χ3v) is 4.38. The van der Waals surface area contributed by atoms with Crippen LogP contribution in [0.2, 0.25) is 0 Å². The minimum absolute atomic E-state index is 0.0201. The molecule has 126 valence electrons. The normalized spacial score (nSPS) is 16.0. The van der Waals surface area contributed by atoms with Crippen LogP contribution in [0, 0.1) is 0 Å². The van der Waals surface area contributed by atoms with E-state index in [4.69, 9.17) is 10.5 Å². The van der Waals surface area contributed by atoms with Gasteiger partial charge in [0.2, 0.25) is 5.95 Å². The SMILES string of the molecule is CC(C)OCn1c(N)nc2[nH]cc(CNC3CCCC3)c2c1=O. The van der Waals surface area contributed by atoms with E-state index in [2.05, 4.69) is 15.3 Å². The molecule has 0 bridgehead atoms. The van der Waals surface area contributed by atoms with E-state index in [1.807, 2.05) is 20.0 Å². The summed E-state index contributed by atoms with van der Waals surface area (Å²) in [7, 11) is 0. The van der Waals surface area contributed by atoms with E-state index in [1.54, 1.807) is 0 Å². The molecule has 0 saturated heterocycles. The standard InChI is InChI=1S/C16H25N5O2/c1-10(2)23-9-21-15(22)13-11(7-18-12-5-3-4-6-12)8-19-14(13)20-16(21)17/h8,10,12,18-19H,3-7,9H2,1-2H3,(H2,17,20). The number of H-pyrrole nitrogens is 1. The lowest BCUT2D eigenvalue weighted by atomic mass is 10.2. The Morgan fingerprint density at radius 1 is 1.48 bits per heavy atom. The molecule has 0 aliphatic heterocycles. The first kappa shape index (κ1) is 16.0. The number of nitrogens with two attached hydrogens (primary N) is 1. The molecule has 3 rings (SSSR count). The van der Waals surface area contributed by atoms with Crippen molar-refractivity contribution >= 4 is 17.0 Å². The second-order valence-electron chi connectivity index (χ2n) is 6.45. The molecule has 7 nitrogen and oxygen atoms in total. The summed E-state index contributed by atoms with van der Waals surface area (Å²) in [5.41, 5.74) is 7.21. The molecule has 0 aromatic carbocycles. The molecule has 2 heterocycles. The van der Waals surface area contributed by atoms with Crippen molar-refractivity contribution in [3.05, 3.63) is 22.1 Å². The Morgan fingerprint density at radius 3 is 2.91 bits per heavy atom. The highest BCUT2D eigenvalue weighted by atomic mass is 16.5. The summed E-state index contributed by atoms with van der Waals surface area (Å²) in [6, 6.07) is 0.549. The quantitative estimate of drug-likeness (QED) is 0.753. The minimum atomic E-state index is -0.155. The summed E-state index contributed by atoms with van der Waals surface area (Å²) in [4.78, 5) is 20.1. The van der Waals surface area contributed by atoms with Gasteiger partial charge in [0.1, 0.15) is 12.4 Å². The number of hydrogen-bond acceptors (Lipinski definition) is 5. The molecule has 1 saturated carbocycles. The van der Waals surface area contributed by atoms with Gasteiger partial charge in [-0.25, -0.2) is 0 Å². The number of nitrogens with zero attached hydrogens (tertiary/aromatic N) is 2. The molecular weight excluding hydrogens is 294 g/mol. The van der Waals surface area contributed by atoms with Gasteiger partial charge < -0.3 is 20.8 Å². The van der Waals surface area contributed by atoms with E-state index in [-0.39, 0.29) is 24.3 Å². The van der Waals surface area contributed by atoms with E-state index >= 15 is 0 Å². The Hall–Kier alpha value is -1.86. The second kappa shape index (κ2) is 6.72. The van der Waals surface area contributed by atoms with Gasteiger partial charge in [0.15, 0.2) is 0 Å². The molecule has 4 N–H and O–H groups in total. The van der Waals surface area contributed by atoms with E-state index in [0.29, 0.717) is 23.6 Å². The molecule has 0 spiro atoms. The zero-order valence-electron chi connectivity index (χ0n) is 13.8. The first-order valence-electron chi connectivity index (χ1n) is 8.27. The maximum atomic E-state index is 12.8. The van der Waals surface area contributed by atoms with E-state index in [1.165, 1.54) is 30.3 Å². The fraction of sp³-hybridized carbons (Fsp3) is 0.625. The fourth-order valence-electron chi connectivity index (χ4n) is 3.06. The monoisotopic (exact) mass is 319 g/mol. The lowest BCUT2D eigenvalue weighted by Crippen LogP contribution is -2.28. The van der Waals surface area contributed by atoms with Gasteiger partial charge in [0.05, 0.1) is 11.5 Å². The Morgan fingerprint density at radius 2 is 2.22 bits per heavy atom. The van der Waals surface area contributed by atoms with Crippen molar-refractivity contribution in [3.63, 3.8) is 0 Å². The molecular formula is C16H25N5O2. The Bertz CT molecular complexity index is 728.